The molecule has 146 valence electrons. The second-order valence-electron chi connectivity index (χ2n) is 8.34. The fraction of sp³-hybridized carbons (Fsp3) is 0.842. The normalized spacial score (nSPS) is 30.3. The Morgan fingerprint density at radius 1 is 0.923 bits per heavy atom. The molecule has 3 amide bonds. The molecule has 0 aromatic heterocycles. The van der Waals surface area contributed by atoms with Crippen LogP contribution in [0, 0.1) is 17.8 Å². The Kier molecular flexibility index (Phi) is 6.04. The summed E-state index contributed by atoms with van der Waals surface area (Å²) in [6.45, 7) is 4.12. The number of carbonyl (C=O) groups excluding carboxylic acids is 2. The van der Waals surface area contributed by atoms with Crippen molar-refractivity contribution in [1.29, 1.82) is 0 Å². The first-order chi connectivity index (χ1) is 12.4. The third kappa shape index (κ3) is 4.48. The van der Waals surface area contributed by atoms with Gasteiger partial charge in [0.25, 0.3) is 0 Å². The van der Waals surface area contributed by atoms with Gasteiger partial charge in [-0.3, -0.25) is 9.59 Å². The Hall–Kier alpha value is -1.79. The SMILES string of the molecule is CC1CC(C(=O)O)CN(C(=O)NC2CCN(C(=O)C3CCCCC3)C2)C1. The summed E-state index contributed by atoms with van der Waals surface area (Å²) in [5.41, 5.74) is 0. The van der Waals surface area contributed by atoms with Gasteiger partial charge in [0.1, 0.15) is 0 Å². The summed E-state index contributed by atoms with van der Waals surface area (Å²) in [5, 5.41) is 12.3. The molecule has 0 radical (unpaired) electrons. The zero-order valence-electron chi connectivity index (χ0n) is 15.7. The highest BCUT2D eigenvalue weighted by Gasteiger charge is 2.35. The average Bonchev–Trinajstić information content (AvgIpc) is 3.09. The summed E-state index contributed by atoms with van der Waals surface area (Å²) in [5.74, 6) is -0.725. The van der Waals surface area contributed by atoms with Crippen LogP contribution >= 0.6 is 0 Å². The number of carboxylic acid groups (broad SMARTS) is 1. The summed E-state index contributed by atoms with van der Waals surface area (Å²) >= 11 is 0. The molecule has 2 aliphatic heterocycles. The number of nitrogens with one attached hydrogen (secondary N) is 1. The molecule has 3 fully saturated rings. The molecular weight excluding hydrogens is 334 g/mol. The van der Waals surface area contributed by atoms with Gasteiger partial charge in [0.05, 0.1) is 5.92 Å². The maximum Gasteiger partial charge on any atom is 0.317 e. The van der Waals surface area contributed by atoms with E-state index in [2.05, 4.69) is 5.32 Å². The molecular formula is C19H31N3O4. The number of hydrogen-bond acceptors (Lipinski definition) is 3. The summed E-state index contributed by atoms with van der Waals surface area (Å²) in [4.78, 5) is 40.0. The number of hydrogen-bond donors (Lipinski definition) is 2. The Labute approximate surface area is 155 Å². The van der Waals surface area contributed by atoms with Crippen LogP contribution in [0.4, 0.5) is 4.79 Å². The second kappa shape index (κ2) is 8.27. The van der Waals surface area contributed by atoms with Gasteiger partial charge < -0.3 is 20.2 Å². The number of carboxylic acids is 1. The van der Waals surface area contributed by atoms with Crippen LogP contribution in [0.1, 0.15) is 51.9 Å². The zero-order valence-corrected chi connectivity index (χ0v) is 15.7. The molecule has 1 saturated carbocycles. The van der Waals surface area contributed by atoms with Gasteiger partial charge in [-0.05, 0) is 31.6 Å². The molecule has 3 atom stereocenters. The van der Waals surface area contributed by atoms with Gasteiger partial charge in [0.2, 0.25) is 5.91 Å². The number of nitrogens with zero attached hydrogens (tertiary/aromatic N) is 2. The third-order valence-electron chi connectivity index (χ3n) is 6.08. The number of amides is 3. The lowest BCUT2D eigenvalue weighted by Crippen LogP contribution is -2.52. The molecule has 7 heteroatoms. The Balaban J connectivity index is 1.49. The maximum atomic E-state index is 12.6. The van der Waals surface area contributed by atoms with Crippen molar-refractivity contribution in [3.63, 3.8) is 0 Å². The minimum absolute atomic E-state index is 0.0319. The van der Waals surface area contributed by atoms with E-state index in [4.69, 9.17) is 0 Å². The van der Waals surface area contributed by atoms with Crippen LogP contribution in [-0.2, 0) is 9.59 Å². The molecule has 3 unspecified atom stereocenters. The van der Waals surface area contributed by atoms with Crippen molar-refractivity contribution in [2.24, 2.45) is 17.8 Å². The van der Waals surface area contributed by atoms with Crippen LogP contribution < -0.4 is 5.32 Å². The molecule has 2 heterocycles. The molecule has 7 nitrogen and oxygen atoms in total. The molecule has 3 rings (SSSR count). The van der Waals surface area contributed by atoms with Crippen LogP contribution in [0.25, 0.3) is 0 Å². The predicted molar refractivity (Wildman–Crippen MR) is 96.6 cm³/mol. The molecule has 1 aliphatic carbocycles. The predicted octanol–water partition coefficient (Wildman–Crippen LogP) is 1.92. The molecule has 0 spiro atoms. The van der Waals surface area contributed by atoms with Crippen molar-refractivity contribution in [1.82, 2.24) is 15.1 Å². The fourth-order valence-corrected chi connectivity index (χ4v) is 4.65. The Morgan fingerprint density at radius 2 is 1.65 bits per heavy atom. The summed E-state index contributed by atoms with van der Waals surface area (Å²) in [6, 6.07) is -0.227. The van der Waals surface area contributed by atoms with Crippen molar-refractivity contribution in [3.8, 4) is 0 Å². The van der Waals surface area contributed by atoms with Gasteiger partial charge in [-0.25, -0.2) is 4.79 Å². The first kappa shape index (κ1) is 19.0. The zero-order chi connectivity index (χ0) is 18.7. The largest absolute Gasteiger partial charge is 0.481 e. The number of rotatable bonds is 3. The Bertz CT molecular complexity index is 547. The molecule has 26 heavy (non-hydrogen) atoms. The lowest BCUT2D eigenvalue weighted by Gasteiger charge is -2.35. The topological polar surface area (TPSA) is 89.9 Å². The molecule has 0 bridgehead atoms. The Morgan fingerprint density at radius 3 is 2.35 bits per heavy atom. The van der Waals surface area contributed by atoms with E-state index in [-0.39, 0.29) is 36.4 Å². The highest BCUT2D eigenvalue weighted by atomic mass is 16.4. The smallest absolute Gasteiger partial charge is 0.317 e. The van der Waals surface area contributed by atoms with Crippen molar-refractivity contribution in [2.45, 2.75) is 57.9 Å². The molecule has 0 aromatic carbocycles. The first-order valence-corrected chi connectivity index (χ1v) is 10.0. The van der Waals surface area contributed by atoms with E-state index >= 15 is 0 Å². The number of aliphatic carboxylic acids is 1. The first-order valence-electron chi connectivity index (χ1n) is 10.0. The minimum atomic E-state index is -0.834. The summed E-state index contributed by atoms with van der Waals surface area (Å²) in [6.07, 6.45) is 6.89. The average molecular weight is 365 g/mol. The van der Waals surface area contributed by atoms with Gasteiger partial charge in [0, 0.05) is 38.1 Å². The van der Waals surface area contributed by atoms with Crippen LogP contribution in [0.3, 0.4) is 0 Å². The maximum absolute atomic E-state index is 12.6. The van der Waals surface area contributed by atoms with E-state index in [1.807, 2.05) is 11.8 Å². The number of piperidine rings is 1. The van der Waals surface area contributed by atoms with E-state index in [1.165, 1.54) is 6.42 Å². The van der Waals surface area contributed by atoms with Gasteiger partial charge in [-0.1, -0.05) is 26.2 Å². The van der Waals surface area contributed by atoms with E-state index < -0.39 is 11.9 Å². The molecule has 0 aromatic rings. The van der Waals surface area contributed by atoms with Crippen molar-refractivity contribution in [3.05, 3.63) is 0 Å². The second-order valence-corrected chi connectivity index (χ2v) is 8.34. The highest BCUT2D eigenvalue weighted by Crippen LogP contribution is 2.27. The standard InChI is InChI=1S/C19H31N3O4/c1-13-9-15(18(24)25)11-22(10-13)19(26)20-16-7-8-21(12-16)17(23)14-5-3-2-4-6-14/h13-16H,2-12H2,1H3,(H,20,26)(H,24,25). The summed E-state index contributed by atoms with van der Waals surface area (Å²) in [7, 11) is 0. The van der Waals surface area contributed by atoms with Gasteiger partial charge >= 0.3 is 12.0 Å². The lowest BCUT2D eigenvalue weighted by atomic mass is 9.88. The molecule has 3 aliphatic rings. The quantitative estimate of drug-likeness (QED) is 0.799. The van der Waals surface area contributed by atoms with E-state index in [1.54, 1.807) is 4.90 Å². The summed E-state index contributed by atoms with van der Waals surface area (Å²) < 4.78 is 0. The third-order valence-corrected chi connectivity index (χ3v) is 6.08. The fourth-order valence-electron chi connectivity index (χ4n) is 4.65. The van der Waals surface area contributed by atoms with Gasteiger partial charge in [-0.15, -0.1) is 0 Å². The number of likely N-dealkylation sites (tertiary alicyclic amines) is 2. The van der Waals surface area contributed by atoms with Crippen molar-refractivity contribution < 1.29 is 19.5 Å². The van der Waals surface area contributed by atoms with Crippen LogP contribution in [0.5, 0.6) is 0 Å². The molecule has 2 saturated heterocycles. The highest BCUT2D eigenvalue weighted by molar-refractivity contribution is 5.80. The lowest BCUT2D eigenvalue weighted by molar-refractivity contribution is -0.143. The van der Waals surface area contributed by atoms with Gasteiger partial charge in [0.15, 0.2) is 0 Å². The van der Waals surface area contributed by atoms with Gasteiger partial charge in [-0.2, -0.15) is 0 Å². The number of urea groups is 1. The number of carbonyl (C=O) groups is 3. The van der Waals surface area contributed by atoms with Crippen LogP contribution in [-0.4, -0.2) is 65.0 Å². The minimum Gasteiger partial charge on any atom is -0.481 e. The van der Waals surface area contributed by atoms with Crippen molar-refractivity contribution >= 4 is 17.9 Å². The van der Waals surface area contributed by atoms with E-state index in [0.29, 0.717) is 26.1 Å². The van der Waals surface area contributed by atoms with E-state index in [9.17, 15) is 19.5 Å². The van der Waals surface area contributed by atoms with Crippen LogP contribution in [0.2, 0.25) is 0 Å². The molecule has 2 N–H and O–H groups in total. The van der Waals surface area contributed by atoms with Crippen LogP contribution in [0.15, 0.2) is 0 Å². The van der Waals surface area contributed by atoms with Crippen molar-refractivity contribution in [2.75, 3.05) is 26.2 Å². The van der Waals surface area contributed by atoms with E-state index in [0.717, 1.165) is 32.1 Å². The monoisotopic (exact) mass is 365 g/mol.